The molecule has 0 bridgehead atoms. The van der Waals surface area contributed by atoms with Crippen LogP contribution >= 0.6 is 11.3 Å². The van der Waals surface area contributed by atoms with Crippen LogP contribution in [0.25, 0.3) is 42.4 Å². The summed E-state index contributed by atoms with van der Waals surface area (Å²) in [6, 6.07) is 61.1. The predicted molar refractivity (Wildman–Crippen MR) is 285 cm³/mol. The van der Waals surface area contributed by atoms with E-state index in [-0.39, 0.29) is 10.8 Å². The predicted octanol–water partition coefficient (Wildman–Crippen LogP) is 15.4. The van der Waals surface area contributed by atoms with Crippen LogP contribution in [0, 0.1) is 0 Å². The molecule has 1 spiro atoms. The molecule has 322 valence electrons. The van der Waals surface area contributed by atoms with Crippen LogP contribution in [0.1, 0.15) is 106 Å². The van der Waals surface area contributed by atoms with Crippen molar-refractivity contribution in [2.75, 3.05) is 10.2 Å². The Balaban J connectivity index is 1.07. The second-order valence-electron chi connectivity index (χ2n) is 20.9. The Morgan fingerprint density at radius 2 is 1.26 bits per heavy atom. The van der Waals surface area contributed by atoms with Crippen molar-refractivity contribution in [1.82, 2.24) is 0 Å². The molecule has 2 nitrogen and oxygen atoms in total. The number of nitrogens with zero attached hydrogens (tertiary/aromatic N) is 1. The van der Waals surface area contributed by atoms with Crippen molar-refractivity contribution in [2.45, 2.75) is 89.4 Å². The van der Waals surface area contributed by atoms with Gasteiger partial charge >= 0.3 is 0 Å². The lowest BCUT2D eigenvalue weighted by atomic mass is 9.54. The molecule has 1 N–H and O–H groups in total. The number of rotatable bonds is 7. The molecule has 4 aliphatic rings. The molecule has 2 aliphatic carbocycles. The first-order valence-corrected chi connectivity index (χ1v) is 25.2. The number of hydrogen-bond donors (Lipinski definition) is 1. The highest BCUT2D eigenvalue weighted by Gasteiger charge is 2.53. The summed E-state index contributed by atoms with van der Waals surface area (Å²) in [4.78, 5) is 2.68. The Bertz CT molecular complexity index is 3430. The first kappa shape index (κ1) is 40.0. The maximum atomic E-state index is 4.21. The van der Waals surface area contributed by atoms with Crippen molar-refractivity contribution in [3.8, 4) is 22.3 Å². The zero-order valence-electron chi connectivity index (χ0n) is 38.8. The summed E-state index contributed by atoms with van der Waals surface area (Å²) in [6.07, 6.45) is 7.03. The molecule has 8 aromatic carbocycles. The molecule has 0 amide bonds. The molecular formula is C62H55BN2S. The molecule has 2 aliphatic heterocycles. The van der Waals surface area contributed by atoms with Gasteiger partial charge in [-0.25, -0.2) is 0 Å². The molecule has 3 heterocycles. The molecular weight excluding hydrogens is 816 g/mol. The zero-order valence-corrected chi connectivity index (χ0v) is 39.6. The van der Waals surface area contributed by atoms with Crippen LogP contribution in [0.5, 0.6) is 0 Å². The number of anilines is 5. The van der Waals surface area contributed by atoms with E-state index in [1.165, 1.54) is 153 Å². The quantitative estimate of drug-likeness (QED) is 0.127. The number of fused-ring (bicyclic) bond motifs is 15. The van der Waals surface area contributed by atoms with Gasteiger partial charge in [0.2, 0.25) is 0 Å². The third kappa shape index (κ3) is 5.61. The fourth-order valence-electron chi connectivity index (χ4n) is 12.9. The largest absolute Gasteiger partial charge is 0.354 e. The first-order valence-electron chi connectivity index (χ1n) is 24.4. The Morgan fingerprint density at radius 3 is 2.05 bits per heavy atom. The van der Waals surface area contributed by atoms with Crippen molar-refractivity contribution >= 4 is 78.2 Å². The zero-order chi connectivity index (χ0) is 44.5. The summed E-state index contributed by atoms with van der Waals surface area (Å²) in [6.45, 7) is 12.0. The van der Waals surface area contributed by atoms with E-state index in [1.807, 2.05) is 11.3 Å². The monoisotopic (exact) mass is 870 g/mol. The molecule has 0 unspecified atom stereocenters. The van der Waals surface area contributed by atoms with Crippen molar-refractivity contribution in [2.24, 2.45) is 0 Å². The van der Waals surface area contributed by atoms with E-state index >= 15 is 0 Å². The highest BCUT2D eigenvalue weighted by molar-refractivity contribution is 7.26. The van der Waals surface area contributed by atoms with E-state index in [4.69, 9.17) is 0 Å². The maximum absolute atomic E-state index is 4.21. The van der Waals surface area contributed by atoms with Crippen molar-refractivity contribution in [1.29, 1.82) is 0 Å². The van der Waals surface area contributed by atoms with Gasteiger partial charge in [0.05, 0.1) is 16.8 Å². The second kappa shape index (κ2) is 14.6. The van der Waals surface area contributed by atoms with Crippen molar-refractivity contribution < 1.29 is 0 Å². The minimum atomic E-state index is -0.425. The molecule has 9 aromatic rings. The van der Waals surface area contributed by atoms with Gasteiger partial charge in [0.1, 0.15) is 0 Å². The second-order valence-corrected chi connectivity index (χ2v) is 22.0. The molecule has 4 heteroatoms. The van der Waals surface area contributed by atoms with E-state index in [2.05, 4.69) is 203 Å². The highest BCUT2D eigenvalue weighted by atomic mass is 32.1. The van der Waals surface area contributed by atoms with Gasteiger partial charge in [-0.1, -0.05) is 174 Å². The van der Waals surface area contributed by atoms with Crippen LogP contribution in [-0.2, 0) is 22.7 Å². The van der Waals surface area contributed by atoms with Crippen LogP contribution in [0.15, 0.2) is 158 Å². The fraction of sp³-hybridized carbons (Fsp3) is 0.226. The van der Waals surface area contributed by atoms with Gasteiger partial charge in [-0.05, 0) is 134 Å². The van der Waals surface area contributed by atoms with Gasteiger partial charge in [0.15, 0.2) is 7.28 Å². The maximum Gasteiger partial charge on any atom is 0.198 e. The van der Waals surface area contributed by atoms with Gasteiger partial charge in [-0.15, -0.1) is 11.3 Å². The molecule has 66 heavy (non-hydrogen) atoms. The third-order valence-corrected chi connectivity index (χ3v) is 17.3. The van der Waals surface area contributed by atoms with Crippen LogP contribution in [0.2, 0.25) is 0 Å². The topological polar surface area (TPSA) is 15.3 Å². The Kier molecular flexibility index (Phi) is 8.82. The van der Waals surface area contributed by atoms with Crippen LogP contribution in [-0.4, -0.2) is 7.28 Å². The average molecular weight is 871 g/mol. The fourth-order valence-corrected chi connectivity index (χ4v) is 14.0. The van der Waals surface area contributed by atoms with Crippen molar-refractivity contribution in [3.63, 3.8) is 0 Å². The molecule has 0 saturated carbocycles. The molecule has 0 fully saturated rings. The van der Waals surface area contributed by atoms with Gasteiger partial charge in [-0.2, -0.15) is 0 Å². The summed E-state index contributed by atoms with van der Waals surface area (Å²) in [5, 5.41) is 6.84. The molecule has 13 rings (SSSR count). The summed E-state index contributed by atoms with van der Waals surface area (Å²) < 4.78 is 2.64. The Morgan fingerprint density at radius 1 is 0.561 bits per heavy atom. The van der Waals surface area contributed by atoms with E-state index in [1.54, 1.807) is 0 Å². The average Bonchev–Trinajstić information content (AvgIpc) is 3.86. The van der Waals surface area contributed by atoms with Crippen LogP contribution < -0.4 is 21.1 Å². The van der Waals surface area contributed by atoms with Crippen molar-refractivity contribution in [3.05, 3.63) is 197 Å². The summed E-state index contributed by atoms with van der Waals surface area (Å²) in [5.74, 6) is 0. The van der Waals surface area contributed by atoms with E-state index in [0.29, 0.717) is 0 Å². The third-order valence-electron chi connectivity index (χ3n) is 16.2. The number of para-hydroxylation sites is 2. The lowest BCUT2D eigenvalue weighted by Crippen LogP contribution is -2.47. The van der Waals surface area contributed by atoms with Crippen LogP contribution in [0.3, 0.4) is 0 Å². The number of aryl methyl sites for hydroxylation is 1. The van der Waals surface area contributed by atoms with Gasteiger partial charge < -0.3 is 10.2 Å². The number of nitrogens with one attached hydrogen (secondary N) is 1. The molecule has 0 saturated heterocycles. The molecule has 1 aromatic heterocycles. The Hall–Kier alpha value is -6.36. The SMILES string of the molecule is CCCCCc1cc(-c2ccc3sc4ccccc4c3c2Nc2ccc3c(c2)C(C)(C)CCC3(C)C)c2c(c1)N1c3ccccc3C3(c4ccccc4-c4ccccc43)c3cccc(c31)B2. The van der Waals surface area contributed by atoms with Gasteiger partial charge in [0.25, 0.3) is 0 Å². The smallest absolute Gasteiger partial charge is 0.198 e. The number of thiophene rings is 1. The first-order chi connectivity index (χ1) is 32.2. The summed E-state index contributed by atoms with van der Waals surface area (Å²) >= 11 is 1.91. The lowest BCUT2D eigenvalue weighted by molar-refractivity contribution is 0.332. The highest BCUT2D eigenvalue weighted by Crippen LogP contribution is 2.63. The minimum absolute atomic E-state index is 0.108. The van der Waals surface area contributed by atoms with E-state index < -0.39 is 5.41 Å². The lowest BCUT2D eigenvalue weighted by Gasteiger charge is -2.48. The van der Waals surface area contributed by atoms with Gasteiger partial charge in [0, 0.05) is 42.8 Å². The summed E-state index contributed by atoms with van der Waals surface area (Å²) in [7, 11) is 0.852. The number of benzene rings is 8. The van der Waals surface area contributed by atoms with E-state index in [0.717, 1.165) is 13.7 Å². The molecule has 0 radical (unpaired) electrons. The number of unbranched alkanes of at least 4 members (excludes halogenated alkanes) is 2. The minimum Gasteiger partial charge on any atom is -0.354 e. The normalized spacial score (nSPS) is 16.2. The van der Waals surface area contributed by atoms with Gasteiger partial charge in [-0.3, -0.25) is 0 Å². The number of hydrogen-bond acceptors (Lipinski definition) is 3. The molecule has 0 atom stereocenters. The Labute approximate surface area is 394 Å². The van der Waals surface area contributed by atoms with E-state index in [9.17, 15) is 0 Å². The standard InChI is InChI=1S/C62H55BN2S/c1-6-7-8-18-38-35-44(42-30-32-55-56(43-21-11-16-28-54(43)66-55)58(42)64-39-29-31-47-50(37-39)61(4,5)34-33-60(47,2)3)57-53(36-38)65-52-27-15-14-24-48(52)62(49-25-17-26-51(63-57)59(49)65)45-22-12-9-19-40(45)41-20-10-13-23-46(41)62/h9-17,19-32,35-37,63-64H,6-8,18,33-34H2,1-5H3. The summed E-state index contributed by atoms with van der Waals surface area (Å²) in [5.41, 5.74) is 24.1. The van der Waals surface area contributed by atoms with Crippen LogP contribution in [0.4, 0.5) is 28.4 Å².